The van der Waals surface area contributed by atoms with E-state index in [-0.39, 0.29) is 18.4 Å². The highest BCUT2D eigenvalue weighted by atomic mass is 16.5. The molecule has 26 heavy (non-hydrogen) atoms. The van der Waals surface area contributed by atoms with E-state index in [1.165, 1.54) is 6.42 Å². The lowest BCUT2D eigenvalue weighted by molar-refractivity contribution is -0.136. The molecule has 1 saturated heterocycles. The highest BCUT2D eigenvalue weighted by molar-refractivity contribution is 5.92. The van der Waals surface area contributed by atoms with Gasteiger partial charge >= 0.3 is 0 Å². The first-order valence-electron chi connectivity index (χ1n) is 9.53. The minimum absolute atomic E-state index is 0.115. The van der Waals surface area contributed by atoms with Gasteiger partial charge in [0.2, 0.25) is 11.8 Å². The van der Waals surface area contributed by atoms with Crippen molar-refractivity contribution in [1.29, 1.82) is 0 Å². The van der Waals surface area contributed by atoms with Crippen LogP contribution in [0.4, 0.5) is 5.69 Å². The zero-order valence-corrected chi connectivity index (χ0v) is 16.2. The fourth-order valence-corrected chi connectivity index (χ4v) is 3.39. The largest absolute Gasteiger partial charge is 0.497 e. The quantitative estimate of drug-likeness (QED) is 0.773. The van der Waals surface area contributed by atoms with Crippen LogP contribution in [0.25, 0.3) is 0 Å². The normalized spacial score (nSPS) is 17.2. The van der Waals surface area contributed by atoms with Crippen LogP contribution >= 0.6 is 0 Å². The number of benzene rings is 1. The van der Waals surface area contributed by atoms with E-state index in [1.54, 1.807) is 31.4 Å². The number of anilines is 1. The van der Waals surface area contributed by atoms with Gasteiger partial charge in [-0.25, -0.2) is 0 Å². The van der Waals surface area contributed by atoms with E-state index < -0.39 is 0 Å². The molecule has 1 aromatic rings. The molecule has 1 atom stereocenters. The molecule has 0 unspecified atom stereocenters. The van der Waals surface area contributed by atoms with Crippen molar-refractivity contribution in [2.75, 3.05) is 38.6 Å². The SMILES string of the molecule is CC[C@H]1CCCCN1C(=O)CN(CC)CC(=O)Nc1ccc(OC)cc1. The molecule has 0 aromatic heterocycles. The van der Waals surface area contributed by atoms with Gasteiger partial charge in [-0.05, 0) is 56.5 Å². The maximum atomic E-state index is 12.7. The molecule has 0 saturated carbocycles. The fourth-order valence-electron chi connectivity index (χ4n) is 3.39. The van der Waals surface area contributed by atoms with Crippen LogP contribution in [0.15, 0.2) is 24.3 Å². The summed E-state index contributed by atoms with van der Waals surface area (Å²) < 4.78 is 5.11. The van der Waals surface area contributed by atoms with Crippen molar-refractivity contribution < 1.29 is 14.3 Å². The zero-order chi connectivity index (χ0) is 18.9. The maximum Gasteiger partial charge on any atom is 0.238 e. The highest BCUT2D eigenvalue weighted by Crippen LogP contribution is 2.20. The minimum Gasteiger partial charge on any atom is -0.497 e. The van der Waals surface area contributed by atoms with Crippen LogP contribution in [-0.4, -0.2) is 60.9 Å². The van der Waals surface area contributed by atoms with Crippen molar-refractivity contribution in [3.05, 3.63) is 24.3 Å². The average Bonchev–Trinajstić information content (AvgIpc) is 2.67. The van der Waals surface area contributed by atoms with E-state index in [9.17, 15) is 9.59 Å². The number of hydrogen-bond acceptors (Lipinski definition) is 4. The maximum absolute atomic E-state index is 12.7. The molecule has 144 valence electrons. The van der Waals surface area contributed by atoms with Gasteiger partial charge in [-0.3, -0.25) is 14.5 Å². The Morgan fingerprint density at radius 2 is 1.92 bits per heavy atom. The molecule has 2 rings (SSSR count). The smallest absolute Gasteiger partial charge is 0.238 e. The van der Waals surface area contributed by atoms with Crippen LogP contribution < -0.4 is 10.1 Å². The number of ether oxygens (including phenoxy) is 1. The topological polar surface area (TPSA) is 61.9 Å². The monoisotopic (exact) mass is 361 g/mol. The molecule has 0 spiro atoms. The van der Waals surface area contributed by atoms with Gasteiger partial charge in [0.25, 0.3) is 0 Å². The molecule has 0 bridgehead atoms. The number of carbonyl (C=O) groups excluding carboxylic acids is 2. The van der Waals surface area contributed by atoms with Crippen LogP contribution in [0.1, 0.15) is 39.5 Å². The van der Waals surface area contributed by atoms with Gasteiger partial charge in [0.15, 0.2) is 0 Å². The molecule has 1 aliphatic rings. The number of nitrogens with zero attached hydrogens (tertiary/aromatic N) is 2. The summed E-state index contributed by atoms with van der Waals surface area (Å²) in [6.45, 7) is 6.11. The van der Waals surface area contributed by atoms with Crippen LogP contribution in [0.5, 0.6) is 5.75 Å². The number of hydrogen-bond donors (Lipinski definition) is 1. The summed E-state index contributed by atoms with van der Waals surface area (Å²) in [7, 11) is 1.61. The molecule has 2 amide bonds. The number of likely N-dealkylation sites (tertiary alicyclic amines) is 1. The Bertz CT molecular complexity index is 588. The van der Waals surface area contributed by atoms with Crippen LogP contribution in [0.3, 0.4) is 0 Å². The number of amides is 2. The van der Waals surface area contributed by atoms with Gasteiger partial charge in [-0.1, -0.05) is 13.8 Å². The fraction of sp³-hybridized carbons (Fsp3) is 0.600. The van der Waals surface area contributed by atoms with Gasteiger partial charge in [-0.2, -0.15) is 0 Å². The van der Waals surface area contributed by atoms with Crippen LogP contribution in [0.2, 0.25) is 0 Å². The van der Waals surface area contributed by atoms with E-state index in [1.807, 2.05) is 16.7 Å². The second kappa shape index (κ2) is 10.2. The number of piperidine rings is 1. The number of methoxy groups -OCH3 is 1. The van der Waals surface area contributed by atoms with E-state index in [0.717, 1.165) is 37.2 Å². The van der Waals surface area contributed by atoms with Crippen molar-refractivity contribution in [3.8, 4) is 5.75 Å². The number of nitrogens with one attached hydrogen (secondary N) is 1. The molecular weight excluding hydrogens is 330 g/mol. The van der Waals surface area contributed by atoms with E-state index in [2.05, 4.69) is 12.2 Å². The van der Waals surface area contributed by atoms with Crippen molar-refractivity contribution >= 4 is 17.5 Å². The van der Waals surface area contributed by atoms with Crippen LogP contribution in [0, 0.1) is 0 Å². The summed E-state index contributed by atoms with van der Waals surface area (Å²) in [4.78, 5) is 28.9. The van der Waals surface area contributed by atoms with Crippen molar-refractivity contribution in [2.45, 2.75) is 45.6 Å². The van der Waals surface area contributed by atoms with Gasteiger partial charge in [0.1, 0.15) is 5.75 Å². The molecular formula is C20H31N3O3. The Morgan fingerprint density at radius 3 is 2.54 bits per heavy atom. The summed E-state index contributed by atoms with van der Waals surface area (Å²) >= 11 is 0. The molecule has 0 radical (unpaired) electrons. The summed E-state index contributed by atoms with van der Waals surface area (Å²) in [5, 5.41) is 2.87. The van der Waals surface area contributed by atoms with Crippen molar-refractivity contribution in [3.63, 3.8) is 0 Å². The first kappa shape index (κ1) is 20.2. The van der Waals surface area contributed by atoms with Crippen LogP contribution in [-0.2, 0) is 9.59 Å². The predicted octanol–water partition coefficient (Wildman–Crippen LogP) is 2.75. The average molecular weight is 361 g/mol. The van der Waals surface area contributed by atoms with E-state index in [0.29, 0.717) is 19.1 Å². The number of likely N-dealkylation sites (N-methyl/N-ethyl adjacent to an activating group) is 1. The highest BCUT2D eigenvalue weighted by Gasteiger charge is 2.26. The lowest BCUT2D eigenvalue weighted by Crippen LogP contribution is -2.48. The summed E-state index contributed by atoms with van der Waals surface area (Å²) in [6, 6.07) is 7.56. The Hall–Kier alpha value is -2.08. The molecule has 1 N–H and O–H groups in total. The lowest BCUT2D eigenvalue weighted by atomic mass is 10.00. The number of carbonyl (C=O) groups is 2. The second-order valence-corrected chi connectivity index (χ2v) is 6.72. The third-order valence-corrected chi connectivity index (χ3v) is 4.97. The van der Waals surface area contributed by atoms with Crippen molar-refractivity contribution in [2.24, 2.45) is 0 Å². The summed E-state index contributed by atoms with van der Waals surface area (Å²) in [5.41, 5.74) is 0.722. The Labute approximate surface area is 156 Å². The predicted molar refractivity (Wildman–Crippen MR) is 103 cm³/mol. The van der Waals surface area contributed by atoms with E-state index >= 15 is 0 Å². The Morgan fingerprint density at radius 1 is 1.19 bits per heavy atom. The van der Waals surface area contributed by atoms with Gasteiger partial charge < -0.3 is 15.0 Å². The standard InChI is InChI=1S/C20H31N3O3/c1-4-17-8-6-7-13-23(17)20(25)15-22(5-2)14-19(24)21-16-9-11-18(26-3)12-10-16/h9-12,17H,4-8,13-15H2,1-3H3,(H,21,24)/t17-/m0/s1. The van der Waals surface area contributed by atoms with Gasteiger partial charge in [-0.15, -0.1) is 0 Å². The first-order valence-corrected chi connectivity index (χ1v) is 9.53. The molecule has 0 aliphatic carbocycles. The molecule has 6 nitrogen and oxygen atoms in total. The molecule has 1 aliphatic heterocycles. The molecule has 6 heteroatoms. The second-order valence-electron chi connectivity index (χ2n) is 6.72. The van der Waals surface area contributed by atoms with Gasteiger partial charge in [0.05, 0.1) is 20.2 Å². The van der Waals surface area contributed by atoms with E-state index in [4.69, 9.17) is 4.74 Å². The minimum atomic E-state index is -0.115. The molecule has 1 aromatic carbocycles. The van der Waals surface area contributed by atoms with Crippen molar-refractivity contribution in [1.82, 2.24) is 9.80 Å². The summed E-state index contributed by atoms with van der Waals surface area (Å²) in [6.07, 6.45) is 4.36. The molecule has 1 fully saturated rings. The zero-order valence-electron chi connectivity index (χ0n) is 16.2. The molecule has 1 heterocycles. The van der Waals surface area contributed by atoms with Gasteiger partial charge in [0, 0.05) is 18.3 Å². The Balaban J connectivity index is 1.86. The number of rotatable bonds is 8. The third kappa shape index (κ3) is 5.73. The summed E-state index contributed by atoms with van der Waals surface area (Å²) in [5.74, 6) is 0.766. The Kier molecular flexibility index (Phi) is 7.91. The third-order valence-electron chi connectivity index (χ3n) is 4.97. The lowest BCUT2D eigenvalue weighted by Gasteiger charge is -2.36. The first-order chi connectivity index (χ1) is 12.6.